The number of nitrogens with one attached hydrogen (secondary N) is 1. The third-order valence-corrected chi connectivity index (χ3v) is 10.4. The van der Waals surface area contributed by atoms with Gasteiger partial charge in [-0.05, 0) is 48.3 Å². The summed E-state index contributed by atoms with van der Waals surface area (Å²) in [6, 6.07) is 7.05. The molecular formula is C23H22N2O6S2. The number of thiazole rings is 1. The maximum atomic E-state index is 13.3. The number of fused-ring (bicyclic) bond motifs is 9. The predicted octanol–water partition coefficient (Wildman–Crippen LogP) is 2.48. The number of likely N-dealkylation sites (tertiary alicyclic amines) is 1. The number of aliphatic carboxylic acids is 1. The van der Waals surface area contributed by atoms with E-state index in [0.717, 1.165) is 21.9 Å². The molecule has 3 N–H and O–H groups in total. The molecule has 2 aromatic rings. The highest BCUT2D eigenvalue weighted by molar-refractivity contribution is 8.00. The second kappa shape index (κ2) is 7.46. The maximum absolute atomic E-state index is 13.3. The fourth-order valence-corrected chi connectivity index (χ4v) is 9.63. The lowest BCUT2D eigenvalue weighted by Gasteiger charge is -2.43. The number of hydrogen-bond acceptors (Lipinski definition) is 7. The molecule has 7 atom stereocenters. The third-order valence-electron chi connectivity index (χ3n) is 7.84. The number of imide groups is 1. The largest absolute Gasteiger partial charge is 0.508 e. The molecule has 3 heterocycles. The van der Waals surface area contributed by atoms with Crippen LogP contribution in [0.2, 0.25) is 0 Å². The topological polar surface area (TPSA) is 128 Å². The van der Waals surface area contributed by atoms with Crippen molar-refractivity contribution in [3.8, 4) is 5.75 Å². The smallest absolute Gasteiger partial charge is 0.305 e. The van der Waals surface area contributed by atoms with Gasteiger partial charge >= 0.3 is 10.8 Å². The zero-order valence-electron chi connectivity index (χ0n) is 17.5. The lowest BCUT2D eigenvalue weighted by Crippen LogP contribution is -2.42. The van der Waals surface area contributed by atoms with Crippen LogP contribution in [0.1, 0.15) is 35.6 Å². The molecule has 10 heteroatoms. The van der Waals surface area contributed by atoms with Gasteiger partial charge < -0.3 is 15.2 Å². The molecule has 2 bridgehead atoms. The van der Waals surface area contributed by atoms with Crippen LogP contribution >= 0.6 is 23.1 Å². The van der Waals surface area contributed by atoms with Gasteiger partial charge in [0.15, 0.2) is 0 Å². The van der Waals surface area contributed by atoms with E-state index >= 15 is 0 Å². The second-order valence-electron chi connectivity index (χ2n) is 9.38. The standard InChI is InChI=1S/C23H22N2O6S2/c26-10-5-3-9(4-6-10)14-15-11-8-12(18(15)32-20-19(14)33-23(31)24-20)17-16(11)21(29)25(22(17)30)7-1-2-13(27)28/h3-6,11-12,14-18,26H,1-2,7-8H2,(H,24,31)(H,27,28). The minimum Gasteiger partial charge on any atom is -0.508 e. The van der Waals surface area contributed by atoms with E-state index in [1.807, 2.05) is 12.1 Å². The minimum absolute atomic E-state index is 0.0302. The Kier molecular flexibility index (Phi) is 4.74. The Hall–Kier alpha value is -2.59. The Morgan fingerprint density at radius 3 is 2.48 bits per heavy atom. The number of phenolic OH excluding ortho intramolecular Hbond substituents is 1. The van der Waals surface area contributed by atoms with Crippen molar-refractivity contribution >= 4 is 40.9 Å². The lowest BCUT2D eigenvalue weighted by atomic mass is 9.68. The molecule has 4 aliphatic rings. The number of phenols is 1. The number of benzene rings is 1. The first-order valence-electron chi connectivity index (χ1n) is 11.1. The molecule has 7 unspecified atom stereocenters. The van der Waals surface area contributed by atoms with Crippen molar-refractivity contribution in [3.05, 3.63) is 44.4 Å². The molecular weight excluding hydrogens is 464 g/mol. The van der Waals surface area contributed by atoms with Crippen LogP contribution in [-0.4, -0.2) is 49.7 Å². The van der Waals surface area contributed by atoms with Gasteiger partial charge in [-0.25, -0.2) is 0 Å². The normalized spacial score (nSPS) is 33.8. The van der Waals surface area contributed by atoms with Crippen molar-refractivity contribution in [1.29, 1.82) is 0 Å². The molecule has 2 aliphatic heterocycles. The van der Waals surface area contributed by atoms with Gasteiger partial charge in [0, 0.05) is 29.0 Å². The number of carbonyl (C=O) groups excluding carboxylic acids is 2. The van der Waals surface area contributed by atoms with Gasteiger partial charge in [0.2, 0.25) is 11.8 Å². The first kappa shape index (κ1) is 21.0. The zero-order chi connectivity index (χ0) is 23.0. The van der Waals surface area contributed by atoms with E-state index in [0.29, 0.717) is 0 Å². The molecule has 0 spiro atoms. The van der Waals surface area contributed by atoms with Crippen molar-refractivity contribution in [1.82, 2.24) is 9.88 Å². The van der Waals surface area contributed by atoms with Gasteiger partial charge in [-0.3, -0.25) is 24.1 Å². The number of amides is 2. The summed E-state index contributed by atoms with van der Waals surface area (Å²) in [5.74, 6) is -1.69. The predicted molar refractivity (Wildman–Crippen MR) is 120 cm³/mol. The van der Waals surface area contributed by atoms with Gasteiger partial charge in [-0.15, -0.1) is 11.8 Å². The zero-order valence-corrected chi connectivity index (χ0v) is 19.1. The van der Waals surface area contributed by atoms with Crippen molar-refractivity contribution in [2.45, 2.75) is 35.5 Å². The Morgan fingerprint density at radius 2 is 1.79 bits per heavy atom. The van der Waals surface area contributed by atoms with Crippen LogP contribution in [0.5, 0.6) is 5.75 Å². The van der Waals surface area contributed by atoms with Crippen LogP contribution in [0, 0.1) is 29.6 Å². The number of aromatic nitrogens is 1. The number of aromatic hydroxyl groups is 1. The van der Waals surface area contributed by atoms with E-state index in [-0.39, 0.29) is 82.6 Å². The Bertz CT molecular complexity index is 1220. The first-order valence-corrected chi connectivity index (χ1v) is 12.8. The number of hydrogen-bond donors (Lipinski definition) is 3. The fourth-order valence-electron chi connectivity index (χ4n) is 6.74. The van der Waals surface area contributed by atoms with Gasteiger partial charge in [-0.1, -0.05) is 23.5 Å². The van der Waals surface area contributed by atoms with E-state index in [1.165, 1.54) is 16.2 Å². The van der Waals surface area contributed by atoms with Crippen LogP contribution in [-0.2, 0) is 14.4 Å². The Labute approximate surface area is 197 Å². The van der Waals surface area contributed by atoms with Crippen LogP contribution < -0.4 is 4.87 Å². The highest BCUT2D eigenvalue weighted by Gasteiger charge is 2.69. The van der Waals surface area contributed by atoms with E-state index in [9.17, 15) is 24.3 Å². The van der Waals surface area contributed by atoms with Gasteiger partial charge in [0.25, 0.3) is 0 Å². The average molecular weight is 487 g/mol. The van der Waals surface area contributed by atoms with Crippen molar-refractivity contribution < 1.29 is 24.6 Å². The van der Waals surface area contributed by atoms with Crippen LogP contribution in [0.4, 0.5) is 0 Å². The lowest BCUT2D eigenvalue weighted by molar-refractivity contribution is -0.142. The molecule has 6 rings (SSSR count). The summed E-state index contributed by atoms with van der Waals surface area (Å²) in [5.41, 5.74) is 0.999. The molecule has 2 aliphatic carbocycles. The van der Waals surface area contributed by atoms with Crippen molar-refractivity contribution in [3.63, 3.8) is 0 Å². The summed E-state index contributed by atoms with van der Waals surface area (Å²) in [6.07, 6.45) is 1.00. The first-order chi connectivity index (χ1) is 15.8. The maximum Gasteiger partial charge on any atom is 0.305 e. The number of carbonyl (C=O) groups is 3. The number of carboxylic acid groups (broad SMARTS) is 1. The van der Waals surface area contributed by atoms with E-state index in [4.69, 9.17) is 5.11 Å². The average Bonchev–Trinajstić information content (AvgIpc) is 3.49. The van der Waals surface area contributed by atoms with E-state index < -0.39 is 5.97 Å². The summed E-state index contributed by atoms with van der Waals surface area (Å²) in [4.78, 5) is 54.8. The fraction of sp³-hybridized carbons (Fsp3) is 0.478. The number of thioether (sulfide) groups is 1. The van der Waals surface area contributed by atoms with Crippen LogP contribution in [0.3, 0.4) is 0 Å². The summed E-state index contributed by atoms with van der Waals surface area (Å²) >= 11 is 2.84. The van der Waals surface area contributed by atoms with Gasteiger partial charge in [-0.2, -0.15) is 0 Å². The Balaban J connectivity index is 1.37. The molecule has 33 heavy (non-hydrogen) atoms. The van der Waals surface area contributed by atoms with Crippen LogP contribution in [0.25, 0.3) is 0 Å². The summed E-state index contributed by atoms with van der Waals surface area (Å²) < 4.78 is 0. The van der Waals surface area contributed by atoms with Gasteiger partial charge in [0.05, 0.1) is 16.9 Å². The number of rotatable bonds is 5. The number of nitrogens with zero attached hydrogens (tertiary/aromatic N) is 1. The highest BCUT2D eigenvalue weighted by Crippen LogP contribution is 2.68. The molecule has 2 amide bonds. The quantitative estimate of drug-likeness (QED) is 0.554. The second-order valence-corrected chi connectivity index (χ2v) is 11.6. The molecule has 0 radical (unpaired) electrons. The minimum atomic E-state index is -0.936. The summed E-state index contributed by atoms with van der Waals surface area (Å²) in [5, 5.41) is 19.7. The molecule has 1 aromatic carbocycles. The SMILES string of the molecule is O=C(O)CCCN1C(=O)C2C3CC(C2C1=O)C1C(c2ccc(O)cc2)c2sc(=O)[nH]c2SC31. The van der Waals surface area contributed by atoms with Gasteiger partial charge in [0.1, 0.15) is 5.75 Å². The summed E-state index contributed by atoms with van der Waals surface area (Å²) in [6.45, 7) is 0.154. The van der Waals surface area contributed by atoms with Crippen LogP contribution in [0.15, 0.2) is 34.1 Å². The molecule has 8 nitrogen and oxygen atoms in total. The van der Waals surface area contributed by atoms with E-state index in [1.54, 1.807) is 23.9 Å². The Morgan fingerprint density at radius 1 is 1.09 bits per heavy atom. The molecule has 2 saturated carbocycles. The third kappa shape index (κ3) is 3.03. The number of aromatic amines is 1. The monoisotopic (exact) mass is 486 g/mol. The molecule has 1 aromatic heterocycles. The van der Waals surface area contributed by atoms with E-state index in [2.05, 4.69) is 4.98 Å². The summed E-state index contributed by atoms with van der Waals surface area (Å²) in [7, 11) is 0. The highest BCUT2D eigenvalue weighted by atomic mass is 32.2. The van der Waals surface area contributed by atoms with Crippen molar-refractivity contribution in [2.24, 2.45) is 29.6 Å². The molecule has 172 valence electrons. The number of carboxylic acids is 1. The molecule has 1 saturated heterocycles. The number of H-pyrrole nitrogens is 1. The van der Waals surface area contributed by atoms with Crippen molar-refractivity contribution in [2.75, 3.05) is 6.54 Å². The molecule has 3 fully saturated rings.